The van der Waals surface area contributed by atoms with Crippen LogP contribution in [0.5, 0.6) is 0 Å². The van der Waals surface area contributed by atoms with E-state index in [1.807, 2.05) is 6.20 Å². The maximum Gasteiger partial charge on any atom is 0.224 e. The van der Waals surface area contributed by atoms with E-state index in [0.717, 1.165) is 69.1 Å². The number of hydrogen-bond acceptors (Lipinski definition) is 5. The van der Waals surface area contributed by atoms with E-state index in [1.54, 1.807) is 0 Å². The molecule has 33 heavy (non-hydrogen) atoms. The van der Waals surface area contributed by atoms with Crippen LogP contribution in [0.4, 0.5) is 5.95 Å². The second-order valence-electron chi connectivity index (χ2n) is 9.55. The predicted molar refractivity (Wildman–Crippen MR) is 136 cm³/mol. The topological polar surface area (TPSA) is 75.0 Å². The van der Waals surface area contributed by atoms with Crippen molar-refractivity contribution in [3.8, 4) is 11.1 Å². The van der Waals surface area contributed by atoms with E-state index in [1.165, 1.54) is 16.7 Å². The first-order valence-corrected chi connectivity index (χ1v) is 12.7. The zero-order valence-corrected chi connectivity index (χ0v) is 20.3. The highest BCUT2D eigenvalue weighted by atomic mass is 16.3. The van der Waals surface area contributed by atoms with Crippen molar-refractivity contribution >= 4 is 17.0 Å². The molecule has 4 rings (SSSR count). The standard InChI is InChI=1S/C27H39N5O/c1-4-6-19(3)30-27-29-17-24-25(21-9-7-20(8-10-21)16-28-15-5-2)18-32(26(24)31-27)22-11-13-23(33)14-12-22/h7-10,17-19,22-23,28,33H,4-6,11-16H2,1-3H3,(H,29,30,31)/t19-,22?,23?/m0/s1. The normalized spacial score (nSPS) is 19.6. The van der Waals surface area contributed by atoms with Crippen molar-refractivity contribution in [2.45, 2.75) is 90.4 Å². The zero-order valence-electron chi connectivity index (χ0n) is 20.3. The summed E-state index contributed by atoms with van der Waals surface area (Å²) in [5.74, 6) is 0.697. The molecule has 0 amide bonds. The number of aliphatic hydroxyl groups excluding tert-OH is 1. The van der Waals surface area contributed by atoms with E-state index in [4.69, 9.17) is 4.98 Å². The van der Waals surface area contributed by atoms with Gasteiger partial charge in [-0.2, -0.15) is 4.98 Å². The Hall–Kier alpha value is -2.44. The number of rotatable bonds is 10. The summed E-state index contributed by atoms with van der Waals surface area (Å²) in [6.45, 7) is 8.50. The van der Waals surface area contributed by atoms with Gasteiger partial charge >= 0.3 is 0 Å². The highest BCUT2D eigenvalue weighted by Crippen LogP contribution is 2.36. The molecule has 2 aromatic heterocycles. The van der Waals surface area contributed by atoms with Gasteiger partial charge in [-0.05, 0) is 63.1 Å². The molecule has 6 heteroatoms. The molecule has 0 aliphatic heterocycles. The van der Waals surface area contributed by atoms with Gasteiger partial charge in [-0.25, -0.2) is 4.98 Å². The summed E-state index contributed by atoms with van der Waals surface area (Å²) in [6.07, 6.45) is 11.1. The summed E-state index contributed by atoms with van der Waals surface area (Å²) in [5, 5.41) is 18.0. The van der Waals surface area contributed by atoms with Crippen LogP contribution in [0.3, 0.4) is 0 Å². The van der Waals surface area contributed by atoms with E-state index in [0.29, 0.717) is 18.0 Å². The van der Waals surface area contributed by atoms with Gasteiger partial charge in [-0.15, -0.1) is 0 Å². The minimum atomic E-state index is -0.168. The number of hydrogen-bond donors (Lipinski definition) is 3. The van der Waals surface area contributed by atoms with Crippen LogP contribution >= 0.6 is 0 Å². The van der Waals surface area contributed by atoms with Crippen LogP contribution in [0.25, 0.3) is 22.2 Å². The second kappa shape index (κ2) is 11.1. The van der Waals surface area contributed by atoms with Crippen LogP contribution < -0.4 is 10.6 Å². The first-order valence-electron chi connectivity index (χ1n) is 12.7. The Morgan fingerprint density at radius 1 is 1.09 bits per heavy atom. The minimum absolute atomic E-state index is 0.168. The van der Waals surface area contributed by atoms with Gasteiger partial charge in [0.25, 0.3) is 0 Å². The lowest BCUT2D eigenvalue weighted by Gasteiger charge is -2.27. The van der Waals surface area contributed by atoms with E-state index in [-0.39, 0.29) is 6.10 Å². The quantitative estimate of drug-likeness (QED) is 0.348. The molecule has 3 N–H and O–H groups in total. The third kappa shape index (κ3) is 5.74. The lowest BCUT2D eigenvalue weighted by atomic mass is 9.93. The van der Waals surface area contributed by atoms with Crippen molar-refractivity contribution in [2.75, 3.05) is 11.9 Å². The molecule has 0 spiro atoms. The summed E-state index contributed by atoms with van der Waals surface area (Å²) < 4.78 is 2.34. The van der Waals surface area contributed by atoms with Gasteiger partial charge < -0.3 is 20.3 Å². The van der Waals surface area contributed by atoms with Crippen LogP contribution in [0.15, 0.2) is 36.7 Å². The highest BCUT2D eigenvalue weighted by Gasteiger charge is 2.24. The van der Waals surface area contributed by atoms with Crippen LogP contribution in [-0.2, 0) is 6.54 Å². The smallest absolute Gasteiger partial charge is 0.224 e. The monoisotopic (exact) mass is 449 g/mol. The molecule has 1 fully saturated rings. The molecule has 1 aliphatic carbocycles. The first kappa shape index (κ1) is 23.7. The number of nitrogens with zero attached hydrogens (tertiary/aromatic N) is 3. The maximum absolute atomic E-state index is 10.0. The largest absolute Gasteiger partial charge is 0.393 e. The van der Waals surface area contributed by atoms with Crippen molar-refractivity contribution in [1.29, 1.82) is 0 Å². The molecule has 0 saturated heterocycles. The molecule has 6 nitrogen and oxygen atoms in total. The molecule has 1 saturated carbocycles. The number of fused-ring (bicyclic) bond motifs is 1. The Morgan fingerprint density at radius 3 is 2.55 bits per heavy atom. The predicted octanol–water partition coefficient (Wildman–Crippen LogP) is 5.67. The maximum atomic E-state index is 10.0. The van der Waals surface area contributed by atoms with Gasteiger partial charge in [0.1, 0.15) is 5.65 Å². The molecule has 0 bridgehead atoms. The summed E-state index contributed by atoms with van der Waals surface area (Å²) in [7, 11) is 0. The number of benzene rings is 1. The Kier molecular flexibility index (Phi) is 7.99. The van der Waals surface area contributed by atoms with Crippen molar-refractivity contribution in [2.24, 2.45) is 0 Å². The summed E-state index contributed by atoms with van der Waals surface area (Å²) >= 11 is 0. The molecule has 0 radical (unpaired) electrons. The van der Waals surface area contributed by atoms with Gasteiger partial charge in [0.15, 0.2) is 0 Å². The first-order chi connectivity index (χ1) is 16.1. The van der Waals surface area contributed by atoms with Crippen molar-refractivity contribution < 1.29 is 5.11 Å². The summed E-state index contributed by atoms with van der Waals surface area (Å²) in [5.41, 5.74) is 4.65. The van der Waals surface area contributed by atoms with E-state index < -0.39 is 0 Å². The Morgan fingerprint density at radius 2 is 1.85 bits per heavy atom. The lowest BCUT2D eigenvalue weighted by Crippen LogP contribution is -2.21. The van der Waals surface area contributed by atoms with Gasteiger partial charge in [0.05, 0.1) is 6.10 Å². The van der Waals surface area contributed by atoms with Crippen molar-refractivity contribution in [3.05, 3.63) is 42.2 Å². The van der Waals surface area contributed by atoms with E-state index in [9.17, 15) is 5.11 Å². The molecule has 1 aromatic carbocycles. The molecule has 178 valence electrons. The molecule has 0 unspecified atom stereocenters. The molecule has 3 aromatic rings. The van der Waals surface area contributed by atoms with Gasteiger partial charge in [-0.1, -0.05) is 44.5 Å². The van der Waals surface area contributed by atoms with Crippen LogP contribution in [0, 0.1) is 0 Å². The SMILES string of the molecule is CCCNCc1ccc(-c2cn(C3CCC(O)CC3)c3nc(N[C@@H](C)CCC)ncc23)cc1. The minimum Gasteiger partial charge on any atom is -0.393 e. The number of nitrogens with one attached hydrogen (secondary N) is 2. The van der Waals surface area contributed by atoms with Crippen LogP contribution in [-0.4, -0.2) is 38.3 Å². The average Bonchev–Trinajstić information content (AvgIpc) is 3.19. The fraction of sp³-hybridized carbons (Fsp3) is 0.556. The Balaban J connectivity index is 1.67. The third-order valence-corrected chi connectivity index (χ3v) is 6.75. The number of aromatic nitrogens is 3. The zero-order chi connectivity index (χ0) is 23.2. The van der Waals surface area contributed by atoms with Crippen molar-refractivity contribution in [1.82, 2.24) is 19.9 Å². The fourth-order valence-corrected chi connectivity index (χ4v) is 4.88. The number of aliphatic hydroxyl groups is 1. The molecular weight excluding hydrogens is 410 g/mol. The van der Waals surface area contributed by atoms with E-state index >= 15 is 0 Å². The molecule has 1 aliphatic rings. The average molecular weight is 450 g/mol. The van der Waals surface area contributed by atoms with E-state index in [2.05, 4.69) is 71.4 Å². The summed E-state index contributed by atoms with van der Waals surface area (Å²) in [6, 6.07) is 9.54. The van der Waals surface area contributed by atoms with Gasteiger partial charge in [0, 0.05) is 42.0 Å². The molecule has 1 atom stereocenters. The van der Waals surface area contributed by atoms with Gasteiger partial charge in [0.2, 0.25) is 5.95 Å². The summed E-state index contributed by atoms with van der Waals surface area (Å²) in [4.78, 5) is 9.64. The highest BCUT2D eigenvalue weighted by molar-refractivity contribution is 5.94. The second-order valence-corrected chi connectivity index (χ2v) is 9.55. The Labute approximate surface area is 197 Å². The van der Waals surface area contributed by atoms with Gasteiger partial charge in [-0.3, -0.25) is 0 Å². The third-order valence-electron chi connectivity index (χ3n) is 6.75. The Bertz CT molecular complexity index is 1020. The number of anilines is 1. The van der Waals surface area contributed by atoms with Crippen LogP contribution in [0.1, 0.15) is 77.3 Å². The lowest BCUT2D eigenvalue weighted by molar-refractivity contribution is 0.111. The fourth-order valence-electron chi connectivity index (χ4n) is 4.88. The van der Waals surface area contributed by atoms with Crippen LogP contribution in [0.2, 0.25) is 0 Å². The molecule has 2 heterocycles. The molecular formula is C27H39N5O. The van der Waals surface area contributed by atoms with Crippen molar-refractivity contribution in [3.63, 3.8) is 0 Å².